The molecule has 1 rings (SSSR count). The quantitative estimate of drug-likeness (QED) is 0.743. The second-order valence-corrected chi connectivity index (χ2v) is 4.77. The molecule has 19 heavy (non-hydrogen) atoms. The molecular formula is C13H20BrClN2O2. The molecular weight excluding hydrogens is 332 g/mol. The average Bonchev–Trinajstić information content (AvgIpc) is 2.38. The lowest BCUT2D eigenvalue weighted by atomic mass is 10.2. The SMILES string of the molecule is CCCNCCNC(=O)c1ccc(Br)cc1OC.Cl. The van der Waals surface area contributed by atoms with Crippen LogP contribution in [0.25, 0.3) is 0 Å². The summed E-state index contributed by atoms with van der Waals surface area (Å²) in [6, 6.07) is 5.36. The van der Waals surface area contributed by atoms with Crippen molar-refractivity contribution in [3.63, 3.8) is 0 Å². The first-order valence-electron chi connectivity index (χ1n) is 6.01. The van der Waals surface area contributed by atoms with Crippen molar-refractivity contribution in [3.8, 4) is 5.75 Å². The van der Waals surface area contributed by atoms with E-state index in [-0.39, 0.29) is 18.3 Å². The summed E-state index contributed by atoms with van der Waals surface area (Å²) in [5.41, 5.74) is 0.552. The lowest BCUT2D eigenvalue weighted by Crippen LogP contribution is -2.32. The van der Waals surface area contributed by atoms with Crippen LogP contribution in [0.3, 0.4) is 0 Å². The minimum Gasteiger partial charge on any atom is -0.496 e. The number of hydrogen-bond donors (Lipinski definition) is 2. The summed E-state index contributed by atoms with van der Waals surface area (Å²) >= 11 is 3.35. The van der Waals surface area contributed by atoms with Gasteiger partial charge in [-0.15, -0.1) is 12.4 Å². The molecule has 0 aliphatic rings. The van der Waals surface area contributed by atoms with Gasteiger partial charge < -0.3 is 15.4 Å². The summed E-state index contributed by atoms with van der Waals surface area (Å²) in [5.74, 6) is 0.459. The predicted octanol–water partition coefficient (Wildman–Crippen LogP) is 2.61. The highest BCUT2D eigenvalue weighted by molar-refractivity contribution is 9.10. The molecule has 0 atom stereocenters. The van der Waals surface area contributed by atoms with Crippen molar-refractivity contribution in [3.05, 3.63) is 28.2 Å². The van der Waals surface area contributed by atoms with Crippen molar-refractivity contribution < 1.29 is 9.53 Å². The zero-order chi connectivity index (χ0) is 13.4. The van der Waals surface area contributed by atoms with Crippen molar-refractivity contribution in [2.45, 2.75) is 13.3 Å². The number of rotatable bonds is 7. The minimum absolute atomic E-state index is 0. The minimum atomic E-state index is -0.113. The van der Waals surface area contributed by atoms with Crippen molar-refractivity contribution in [2.75, 3.05) is 26.7 Å². The van der Waals surface area contributed by atoms with E-state index in [0.717, 1.165) is 24.0 Å². The molecule has 0 aromatic heterocycles. The van der Waals surface area contributed by atoms with Crippen LogP contribution < -0.4 is 15.4 Å². The van der Waals surface area contributed by atoms with E-state index in [9.17, 15) is 4.79 Å². The number of halogens is 2. The number of carbonyl (C=O) groups excluding carboxylic acids is 1. The van der Waals surface area contributed by atoms with Crippen molar-refractivity contribution in [1.29, 1.82) is 0 Å². The summed E-state index contributed by atoms with van der Waals surface area (Å²) in [6.45, 7) is 4.46. The van der Waals surface area contributed by atoms with Gasteiger partial charge in [0.25, 0.3) is 5.91 Å². The molecule has 0 fully saturated rings. The first kappa shape index (κ1) is 18.2. The maximum atomic E-state index is 11.9. The second kappa shape index (κ2) is 10.1. The molecule has 1 aromatic rings. The van der Waals surface area contributed by atoms with Crippen LogP contribution in [-0.4, -0.2) is 32.7 Å². The largest absolute Gasteiger partial charge is 0.496 e. The zero-order valence-electron chi connectivity index (χ0n) is 11.2. The molecule has 1 aromatic carbocycles. The summed E-state index contributed by atoms with van der Waals surface area (Å²) in [6.07, 6.45) is 1.09. The van der Waals surface area contributed by atoms with Crippen molar-refractivity contribution >= 4 is 34.2 Å². The van der Waals surface area contributed by atoms with Crippen LogP contribution in [0.15, 0.2) is 22.7 Å². The Kier molecular flexibility index (Phi) is 9.65. The van der Waals surface area contributed by atoms with Crippen LogP contribution in [0, 0.1) is 0 Å². The van der Waals surface area contributed by atoms with Crippen LogP contribution >= 0.6 is 28.3 Å². The molecule has 0 bridgehead atoms. The Bertz CT molecular complexity index is 402. The maximum absolute atomic E-state index is 11.9. The third kappa shape index (κ3) is 6.27. The Morgan fingerprint density at radius 2 is 2.05 bits per heavy atom. The van der Waals surface area contributed by atoms with Crippen LogP contribution in [0.4, 0.5) is 0 Å². The number of carbonyl (C=O) groups is 1. The Morgan fingerprint density at radius 3 is 2.68 bits per heavy atom. The van der Waals surface area contributed by atoms with E-state index in [0.29, 0.717) is 17.9 Å². The molecule has 0 aliphatic carbocycles. The van der Waals surface area contributed by atoms with Crippen LogP contribution in [0.1, 0.15) is 23.7 Å². The molecule has 2 N–H and O–H groups in total. The van der Waals surface area contributed by atoms with Gasteiger partial charge in [-0.1, -0.05) is 22.9 Å². The fourth-order valence-electron chi connectivity index (χ4n) is 1.51. The highest BCUT2D eigenvalue weighted by Crippen LogP contribution is 2.23. The standard InChI is InChI=1S/C13H19BrN2O2.ClH/c1-3-6-15-7-8-16-13(17)11-5-4-10(14)9-12(11)18-2;/h4-5,9,15H,3,6-8H2,1-2H3,(H,16,17);1H. The maximum Gasteiger partial charge on any atom is 0.255 e. The summed E-state index contributed by atoms with van der Waals surface area (Å²) in [5, 5.41) is 6.08. The van der Waals surface area contributed by atoms with E-state index in [1.807, 2.05) is 6.07 Å². The highest BCUT2D eigenvalue weighted by Gasteiger charge is 2.11. The molecule has 0 heterocycles. The third-order valence-electron chi connectivity index (χ3n) is 2.42. The van der Waals surface area contributed by atoms with E-state index in [2.05, 4.69) is 33.5 Å². The number of benzene rings is 1. The monoisotopic (exact) mass is 350 g/mol. The molecule has 0 spiro atoms. The number of ether oxygens (including phenoxy) is 1. The lowest BCUT2D eigenvalue weighted by Gasteiger charge is -2.10. The third-order valence-corrected chi connectivity index (χ3v) is 2.92. The Labute approximate surface area is 128 Å². The first-order chi connectivity index (χ1) is 8.69. The molecule has 108 valence electrons. The topological polar surface area (TPSA) is 50.4 Å². The van der Waals surface area contributed by atoms with Gasteiger partial charge in [0.2, 0.25) is 0 Å². The molecule has 4 nitrogen and oxygen atoms in total. The number of amides is 1. The molecule has 6 heteroatoms. The van der Waals surface area contributed by atoms with Gasteiger partial charge in [-0.05, 0) is 31.2 Å². The highest BCUT2D eigenvalue weighted by atomic mass is 79.9. The Hall–Kier alpha value is -0.780. The van der Waals surface area contributed by atoms with Crippen molar-refractivity contribution in [2.24, 2.45) is 0 Å². The zero-order valence-corrected chi connectivity index (χ0v) is 13.6. The predicted molar refractivity (Wildman–Crippen MR) is 83.4 cm³/mol. The van der Waals surface area contributed by atoms with Crippen LogP contribution in [-0.2, 0) is 0 Å². The summed E-state index contributed by atoms with van der Waals surface area (Å²) in [7, 11) is 1.56. The van der Waals surface area contributed by atoms with E-state index < -0.39 is 0 Å². The van der Waals surface area contributed by atoms with E-state index in [1.54, 1.807) is 19.2 Å². The fourth-order valence-corrected chi connectivity index (χ4v) is 1.85. The Morgan fingerprint density at radius 1 is 1.32 bits per heavy atom. The molecule has 1 amide bonds. The number of hydrogen-bond acceptors (Lipinski definition) is 3. The van der Waals surface area contributed by atoms with Crippen LogP contribution in [0.5, 0.6) is 5.75 Å². The number of methoxy groups -OCH3 is 1. The van der Waals surface area contributed by atoms with Crippen molar-refractivity contribution in [1.82, 2.24) is 10.6 Å². The van der Waals surface area contributed by atoms with Gasteiger partial charge in [0.05, 0.1) is 12.7 Å². The Balaban J connectivity index is 0.00000324. The van der Waals surface area contributed by atoms with Crippen LogP contribution in [0.2, 0.25) is 0 Å². The van der Waals surface area contributed by atoms with Gasteiger partial charge >= 0.3 is 0 Å². The van der Waals surface area contributed by atoms with Gasteiger partial charge in [0.15, 0.2) is 0 Å². The first-order valence-corrected chi connectivity index (χ1v) is 6.80. The molecule has 0 saturated carbocycles. The molecule has 0 aliphatic heterocycles. The van der Waals surface area contributed by atoms with E-state index >= 15 is 0 Å². The smallest absolute Gasteiger partial charge is 0.255 e. The van der Waals surface area contributed by atoms with Gasteiger partial charge in [-0.3, -0.25) is 4.79 Å². The second-order valence-electron chi connectivity index (χ2n) is 3.85. The summed E-state index contributed by atoms with van der Waals surface area (Å²) < 4.78 is 6.08. The fraction of sp³-hybridized carbons (Fsp3) is 0.462. The molecule has 0 unspecified atom stereocenters. The summed E-state index contributed by atoms with van der Waals surface area (Å²) in [4.78, 5) is 11.9. The van der Waals surface area contributed by atoms with E-state index in [1.165, 1.54) is 0 Å². The van der Waals surface area contributed by atoms with Gasteiger partial charge in [-0.2, -0.15) is 0 Å². The van der Waals surface area contributed by atoms with Gasteiger partial charge in [-0.25, -0.2) is 0 Å². The number of nitrogens with one attached hydrogen (secondary N) is 2. The van der Waals surface area contributed by atoms with E-state index in [4.69, 9.17) is 4.74 Å². The lowest BCUT2D eigenvalue weighted by molar-refractivity contribution is 0.0951. The normalized spacial score (nSPS) is 9.63. The molecule has 0 saturated heterocycles. The van der Waals surface area contributed by atoms with Gasteiger partial charge in [0, 0.05) is 17.6 Å². The average molecular weight is 352 g/mol. The molecule has 0 radical (unpaired) electrons. The van der Waals surface area contributed by atoms with Gasteiger partial charge in [0.1, 0.15) is 5.75 Å².